The van der Waals surface area contributed by atoms with Crippen molar-refractivity contribution in [2.75, 3.05) is 14.2 Å². The Bertz CT molecular complexity index is 996. The molecule has 1 N–H and O–H groups in total. The van der Waals surface area contributed by atoms with Gasteiger partial charge in [-0.1, -0.05) is 24.3 Å². The molecule has 0 radical (unpaired) electrons. The van der Waals surface area contributed by atoms with Crippen molar-refractivity contribution in [3.05, 3.63) is 71.0 Å². The molecular formula is C22H23N3O3. The lowest BCUT2D eigenvalue weighted by Crippen LogP contribution is -2.24. The number of aromatic nitrogens is 2. The first-order valence-electron chi connectivity index (χ1n) is 9.36. The van der Waals surface area contributed by atoms with Crippen LogP contribution < -0.4 is 14.8 Å². The molecule has 6 heteroatoms. The van der Waals surface area contributed by atoms with Crippen molar-refractivity contribution in [3.8, 4) is 17.2 Å². The number of methoxy groups -OCH3 is 2. The van der Waals surface area contributed by atoms with Crippen molar-refractivity contribution in [3.63, 3.8) is 0 Å². The van der Waals surface area contributed by atoms with Crippen LogP contribution in [0.4, 0.5) is 0 Å². The fourth-order valence-electron chi connectivity index (χ4n) is 3.66. The number of carbonyl (C=O) groups excluding carboxylic acids is 1. The van der Waals surface area contributed by atoms with E-state index in [0.29, 0.717) is 23.7 Å². The van der Waals surface area contributed by atoms with E-state index >= 15 is 0 Å². The van der Waals surface area contributed by atoms with E-state index in [4.69, 9.17) is 9.47 Å². The molecule has 0 atom stereocenters. The number of benzene rings is 2. The van der Waals surface area contributed by atoms with Gasteiger partial charge in [-0.15, -0.1) is 0 Å². The predicted molar refractivity (Wildman–Crippen MR) is 106 cm³/mol. The number of para-hydroxylation sites is 1. The molecular weight excluding hydrogens is 354 g/mol. The van der Waals surface area contributed by atoms with Gasteiger partial charge in [-0.05, 0) is 49.1 Å². The van der Waals surface area contributed by atoms with Crippen LogP contribution in [-0.2, 0) is 19.4 Å². The molecule has 1 amide bonds. The first-order valence-corrected chi connectivity index (χ1v) is 9.36. The van der Waals surface area contributed by atoms with Crippen LogP contribution in [-0.4, -0.2) is 29.9 Å². The molecule has 0 bridgehead atoms. The standard InChI is InChI=1S/C22H23N3O3/c1-27-19-12-11-15(13-20(19)28-2)14-23-22(26)21-17-9-6-10-18(17)25(24-21)16-7-4-3-5-8-16/h3-5,7-8,11-13H,6,9-10,14H2,1-2H3,(H,23,26). The average Bonchev–Trinajstić information content (AvgIpc) is 3.35. The maximum atomic E-state index is 12.9. The Balaban J connectivity index is 1.55. The van der Waals surface area contributed by atoms with Gasteiger partial charge >= 0.3 is 0 Å². The van der Waals surface area contributed by atoms with Crippen LogP contribution in [0.5, 0.6) is 11.5 Å². The monoisotopic (exact) mass is 377 g/mol. The number of fused-ring (bicyclic) bond motifs is 1. The average molecular weight is 377 g/mol. The molecule has 0 saturated heterocycles. The second kappa shape index (κ2) is 7.76. The zero-order valence-corrected chi connectivity index (χ0v) is 16.1. The zero-order chi connectivity index (χ0) is 19.5. The molecule has 0 saturated carbocycles. The summed E-state index contributed by atoms with van der Waals surface area (Å²) in [5, 5.41) is 7.62. The molecule has 144 valence electrons. The molecule has 1 heterocycles. The number of carbonyl (C=O) groups is 1. The van der Waals surface area contributed by atoms with Crippen LogP contribution in [0.15, 0.2) is 48.5 Å². The van der Waals surface area contributed by atoms with Crippen LogP contribution in [0.3, 0.4) is 0 Å². The van der Waals surface area contributed by atoms with E-state index in [9.17, 15) is 4.79 Å². The van der Waals surface area contributed by atoms with Crippen LogP contribution in [0, 0.1) is 0 Å². The number of ether oxygens (including phenoxy) is 2. The molecule has 3 aromatic rings. The Morgan fingerprint density at radius 1 is 1.07 bits per heavy atom. The zero-order valence-electron chi connectivity index (χ0n) is 16.1. The van der Waals surface area contributed by atoms with Crippen LogP contribution >= 0.6 is 0 Å². The Kier molecular flexibility index (Phi) is 5.02. The Morgan fingerprint density at radius 2 is 1.86 bits per heavy atom. The van der Waals surface area contributed by atoms with E-state index in [-0.39, 0.29) is 5.91 Å². The number of nitrogens with zero attached hydrogens (tertiary/aromatic N) is 2. The normalized spacial score (nSPS) is 12.5. The molecule has 1 aliphatic carbocycles. The number of nitrogens with one attached hydrogen (secondary N) is 1. The smallest absolute Gasteiger partial charge is 0.272 e. The first kappa shape index (κ1) is 18.1. The van der Waals surface area contributed by atoms with Gasteiger partial charge in [0.25, 0.3) is 5.91 Å². The number of amides is 1. The molecule has 2 aromatic carbocycles. The summed E-state index contributed by atoms with van der Waals surface area (Å²) in [6, 6.07) is 15.6. The summed E-state index contributed by atoms with van der Waals surface area (Å²) in [6.07, 6.45) is 2.89. The van der Waals surface area contributed by atoms with Crippen molar-refractivity contribution in [1.82, 2.24) is 15.1 Å². The SMILES string of the molecule is COc1ccc(CNC(=O)c2nn(-c3ccccc3)c3c2CCC3)cc1OC. The van der Waals surface area contributed by atoms with E-state index in [2.05, 4.69) is 10.4 Å². The third kappa shape index (κ3) is 3.33. The molecule has 0 aliphatic heterocycles. The molecule has 6 nitrogen and oxygen atoms in total. The van der Waals surface area contributed by atoms with E-state index in [0.717, 1.165) is 41.8 Å². The second-order valence-corrected chi connectivity index (χ2v) is 6.75. The molecule has 0 unspecified atom stereocenters. The van der Waals surface area contributed by atoms with Crippen LogP contribution in [0.1, 0.15) is 33.7 Å². The highest BCUT2D eigenvalue weighted by molar-refractivity contribution is 5.94. The summed E-state index contributed by atoms with van der Waals surface area (Å²) in [6.45, 7) is 0.395. The minimum absolute atomic E-state index is 0.150. The number of rotatable bonds is 6. The van der Waals surface area contributed by atoms with Gasteiger partial charge in [-0.25, -0.2) is 4.68 Å². The largest absolute Gasteiger partial charge is 0.493 e. The van der Waals surface area contributed by atoms with Crippen molar-refractivity contribution in [1.29, 1.82) is 0 Å². The number of hydrogen-bond acceptors (Lipinski definition) is 4. The summed E-state index contributed by atoms with van der Waals surface area (Å²) in [5.41, 5.74) is 4.65. The van der Waals surface area contributed by atoms with Crippen molar-refractivity contribution >= 4 is 5.91 Å². The van der Waals surface area contributed by atoms with Gasteiger partial charge in [0.2, 0.25) is 0 Å². The Hall–Kier alpha value is -3.28. The minimum atomic E-state index is -0.150. The molecule has 0 fully saturated rings. The van der Waals surface area contributed by atoms with Crippen LogP contribution in [0.25, 0.3) is 5.69 Å². The highest BCUT2D eigenvalue weighted by Gasteiger charge is 2.26. The molecule has 28 heavy (non-hydrogen) atoms. The lowest BCUT2D eigenvalue weighted by Gasteiger charge is -2.10. The van der Waals surface area contributed by atoms with Gasteiger partial charge in [-0.2, -0.15) is 5.10 Å². The second-order valence-electron chi connectivity index (χ2n) is 6.75. The summed E-state index contributed by atoms with van der Waals surface area (Å²) in [5.74, 6) is 1.16. The Labute approximate surface area is 164 Å². The minimum Gasteiger partial charge on any atom is -0.493 e. The topological polar surface area (TPSA) is 65.4 Å². The summed E-state index contributed by atoms with van der Waals surface area (Å²) >= 11 is 0. The predicted octanol–water partition coefficient (Wildman–Crippen LogP) is 3.31. The third-order valence-corrected chi connectivity index (χ3v) is 5.05. The highest BCUT2D eigenvalue weighted by atomic mass is 16.5. The van der Waals surface area contributed by atoms with Crippen molar-refractivity contribution in [2.24, 2.45) is 0 Å². The molecule has 1 aromatic heterocycles. The summed E-state index contributed by atoms with van der Waals surface area (Å²) < 4.78 is 12.5. The first-order chi connectivity index (χ1) is 13.7. The van der Waals surface area contributed by atoms with E-state index in [1.807, 2.05) is 53.2 Å². The third-order valence-electron chi connectivity index (χ3n) is 5.05. The van der Waals surface area contributed by atoms with E-state index in [1.165, 1.54) is 0 Å². The van der Waals surface area contributed by atoms with Crippen LogP contribution in [0.2, 0.25) is 0 Å². The Morgan fingerprint density at radius 3 is 2.61 bits per heavy atom. The van der Waals surface area contributed by atoms with Gasteiger partial charge in [0.1, 0.15) is 0 Å². The van der Waals surface area contributed by atoms with Crippen molar-refractivity contribution < 1.29 is 14.3 Å². The molecule has 4 rings (SSSR count). The van der Waals surface area contributed by atoms with E-state index in [1.54, 1.807) is 14.2 Å². The maximum absolute atomic E-state index is 12.9. The summed E-state index contributed by atoms with van der Waals surface area (Å²) in [4.78, 5) is 12.9. The fourth-order valence-corrected chi connectivity index (χ4v) is 3.66. The maximum Gasteiger partial charge on any atom is 0.272 e. The van der Waals surface area contributed by atoms with Gasteiger partial charge in [0, 0.05) is 17.8 Å². The molecule has 0 spiro atoms. The van der Waals surface area contributed by atoms with Gasteiger partial charge in [0.15, 0.2) is 17.2 Å². The van der Waals surface area contributed by atoms with Gasteiger partial charge in [-0.3, -0.25) is 4.79 Å². The van der Waals surface area contributed by atoms with Gasteiger partial charge in [0.05, 0.1) is 19.9 Å². The summed E-state index contributed by atoms with van der Waals surface area (Å²) in [7, 11) is 3.20. The lowest BCUT2D eigenvalue weighted by atomic mass is 10.1. The molecule has 1 aliphatic rings. The lowest BCUT2D eigenvalue weighted by molar-refractivity contribution is 0.0944. The van der Waals surface area contributed by atoms with Gasteiger partial charge < -0.3 is 14.8 Å². The quantitative estimate of drug-likeness (QED) is 0.716. The fraction of sp³-hybridized carbons (Fsp3) is 0.273. The highest BCUT2D eigenvalue weighted by Crippen LogP contribution is 2.29. The van der Waals surface area contributed by atoms with E-state index < -0.39 is 0 Å². The van der Waals surface area contributed by atoms with Crippen molar-refractivity contribution in [2.45, 2.75) is 25.8 Å². The number of hydrogen-bond donors (Lipinski definition) is 1.